The van der Waals surface area contributed by atoms with Crippen molar-refractivity contribution in [1.82, 2.24) is 9.80 Å². The first kappa shape index (κ1) is 20.2. The summed E-state index contributed by atoms with van der Waals surface area (Å²) in [5, 5.41) is 0. The molecule has 3 rings (SSSR count). The molecule has 0 bridgehead atoms. The van der Waals surface area contributed by atoms with Crippen molar-refractivity contribution in [2.24, 2.45) is 0 Å². The molecule has 0 aliphatic carbocycles. The number of hydrogen-bond donors (Lipinski definition) is 0. The Morgan fingerprint density at radius 3 is 2.54 bits per heavy atom. The molecule has 2 aromatic rings. The summed E-state index contributed by atoms with van der Waals surface area (Å²) in [6.45, 7) is 4.53. The van der Waals surface area contributed by atoms with Crippen molar-refractivity contribution in [2.75, 3.05) is 26.2 Å². The smallest absolute Gasteiger partial charge is 0.263 e. The minimum atomic E-state index is -1.02. The molecule has 1 amide bonds. The monoisotopic (exact) mass is 392 g/mol. The summed E-state index contributed by atoms with van der Waals surface area (Å²) in [5.41, 5.74) is 0.636. The number of ether oxygens (including phenoxy) is 1. The Morgan fingerprint density at radius 2 is 1.79 bits per heavy atom. The lowest BCUT2D eigenvalue weighted by Crippen LogP contribution is -2.42. The molecule has 1 atom stereocenters. The molecule has 28 heavy (non-hydrogen) atoms. The van der Waals surface area contributed by atoms with Crippen LogP contribution in [0.3, 0.4) is 0 Å². The second kappa shape index (κ2) is 9.10. The average Bonchev–Trinajstić information content (AvgIpc) is 2.91. The van der Waals surface area contributed by atoms with Gasteiger partial charge in [0.15, 0.2) is 17.7 Å². The van der Waals surface area contributed by atoms with Gasteiger partial charge >= 0.3 is 0 Å². The first-order valence-corrected chi connectivity index (χ1v) is 9.30. The van der Waals surface area contributed by atoms with Crippen LogP contribution in [0, 0.1) is 17.5 Å². The van der Waals surface area contributed by atoms with Crippen LogP contribution in [0.2, 0.25) is 0 Å². The fraction of sp³-hybridized carbons (Fsp3) is 0.381. The summed E-state index contributed by atoms with van der Waals surface area (Å²) in [6.07, 6.45) is -0.0547. The molecule has 1 heterocycles. The van der Waals surface area contributed by atoms with E-state index in [-0.39, 0.29) is 17.5 Å². The van der Waals surface area contributed by atoms with E-state index in [0.717, 1.165) is 25.1 Å². The van der Waals surface area contributed by atoms with Crippen molar-refractivity contribution in [3.05, 3.63) is 65.5 Å². The molecule has 1 fully saturated rings. The molecular weight excluding hydrogens is 369 g/mol. The van der Waals surface area contributed by atoms with Gasteiger partial charge in [0.25, 0.3) is 5.91 Å². The van der Waals surface area contributed by atoms with Gasteiger partial charge in [0.2, 0.25) is 0 Å². The maximum atomic E-state index is 13.9. The molecule has 1 unspecified atom stereocenters. The van der Waals surface area contributed by atoms with Gasteiger partial charge in [0.1, 0.15) is 11.6 Å². The maximum Gasteiger partial charge on any atom is 0.263 e. The van der Waals surface area contributed by atoms with Crippen LogP contribution < -0.4 is 4.74 Å². The number of amides is 1. The second-order valence-electron chi connectivity index (χ2n) is 6.88. The van der Waals surface area contributed by atoms with E-state index in [9.17, 15) is 18.0 Å². The summed E-state index contributed by atoms with van der Waals surface area (Å²) >= 11 is 0. The molecule has 4 nitrogen and oxygen atoms in total. The standard InChI is InChI=1S/C21H23F3N2O2/c1-15(28-17-7-8-19(23)20(24)13-17)21(27)26-10-4-9-25(11-12-26)14-16-5-2-3-6-18(16)22/h2-3,5-8,13,15H,4,9-12,14H2,1H3. The van der Waals surface area contributed by atoms with E-state index < -0.39 is 17.7 Å². The molecule has 1 aliphatic rings. The van der Waals surface area contributed by atoms with E-state index in [2.05, 4.69) is 4.90 Å². The third kappa shape index (κ3) is 5.04. The predicted molar refractivity (Wildman–Crippen MR) is 99.3 cm³/mol. The van der Waals surface area contributed by atoms with Gasteiger partial charge in [-0.3, -0.25) is 9.69 Å². The fourth-order valence-corrected chi connectivity index (χ4v) is 3.28. The SMILES string of the molecule is CC(Oc1ccc(F)c(F)c1)C(=O)N1CCCN(Cc2ccccc2F)CC1. The van der Waals surface area contributed by atoms with Gasteiger partial charge < -0.3 is 9.64 Å². The first-order valence-electron chi connectivity index (χ1n) is 9.30. The van der Waals surface area contributed by atoms with E-state index in [4.69, 9.17) is 4.74 Å². The molecule has 0 aromatic heterocycles. The zero-order valence-corrected chi connectivity index (χ0v) is 15.7. The molecule has 0 spiro atoms. The van der Waals surface area contributed by atoms with Crippen LogP contribution in [0.15, 0.2) is 42.5 Å². The summed E-state index contributed by atoms with van der Waals surface area (Å²) in [5.74, 6) is -2.31. The average molecular weight is 392 g/mol. The number of halogens is 3. The molecule has 2 aromatic carbocycles. The highest BCUT2D eigenvalue weighted by Gasteiger charge is 2.25. The van der Waals surface area contributed by atoms with Crippen LogP contribution in [-0.2, 0) is 11.3 Å². The van der Waals surface area contributed by atoms with Crippen molar-refractivity contribution < 1.29 is 22.7 Å². The summed E-state index contributed by atoms with van der Waals surface area (Å²) in [4.78, 5) is 16.5. The highest BCUT2D eigenvalue weighted by Crippen LogP contribution is 2.18. The van der Waals surface area contributed by atoms with E-state index in [1.54, 1.807) is 24.0 Å². The van der Waals surface area contributed by atoms with Gasteiger partial charge in [-0.1, -0.05) is 18.2 Å². The second-order valence-corrected chi connectivity index (χ2v) is 6.88. The van der Waals surface area contributed by atoms with Gasteiger partial charge in [0.05, 0.1) is 0 Å². The highest BCUT2D eigenvalue weighted by atomic mass is 19.2. The summed E-state index contributed by atoms with van der Waals surface area (Å²) < 4.78 is 45.7. The van der Waals surface area contributed by atoms with Gasteiger partial charge in [-0.2, -0.15) is 0 Å². The molecule has 150 valence electrons. The molecule has 0 radical (unpaired) electrons. The van der Waals surface area contributed by atoms with Crippen molar-refractivity contribution in [3.8, 4) is 5.75 Å². The van der Waals surface area contributed by atoms with Crippen LogP contribution in [-0.4, -0.2) is 48.0 Å². The zero-order valence-electron chi connectivity index (χ0n) is 15.7. The molecule has 0 saturated carbocycles. The number of hydrogen-bond acceptors (Lipinski definition) is 3. The maximum absolute atomic E-state index is 13.9. The number of benzene rings is 2. The Balaban J connectivity index is 1.56. The lowest BCUT2D eigenvalue weighted by atomic mass is 10.2. The number of nitrogens with zero attached hydrogens (tertiary/aromatic N) is 2. The van der Waals surface area contributed by atoms with Crippen LogP contribution in [0.4, 0.5) is 13.2 Å². The van der Waals surface area contributed by atoms with Crippen LogP contribution >= 0.6 is 0 Å². The highest BCUT2D eigenvalue weighted by molar-refractivity contribution is 5.81. The van der Waals surface area contributed by atoms with Crippen molar-refractivity contribution in [2.45, 2.75) is 26.0 Å². The lowest BCUT2D eigenvalue weighted by Gasteiger charge is -2.25. The molecular formula is C21H23F3N2O2. The minimum Gasteiger partial charge on any atom is -0.481 e. The van der Waals surface area contributed by atoms with Gasteiger partial charge in [-0.15, -0.1) is 0 Å². The van der Waals surface area contributed by atoms with Gasteiger partial charge in [-0.25, -0.2) is 13.2 Å². The number of carbonyl (C=O) groups is 1. The number of rotatable bonds is 5. The number of carbonyl (C=O) groups excluding carboxylic acids is 1. The third-order valence-corrected chi connectivity index (χ3v) is 4.80. The van der Waals surface area contributed by atoms with E-state index in [0.29, 0.717) is 31.7 Å². The molecule has 1 aliphatic heterocycles. The predicted octanol–water partition coefficient (Wildman–Crippen LogP) is 3.61. The fourth-order valence-electron chi connectivity index (χ4n) is 3.28. The van der Waals surface area contributed by atoms with Crippen molar-refractivity contribution in [1.29, 1.82) is 0 Å². The molecule has 7 heteroatoms. The topological polar surface area (TPSA) is 32.8 Å². The summed E-state index contributed by atoms with van der Waals surface area (Å²) in [7, 11) is 0. The Morgan fingerprint density at radius 1 is 1.00 bits per heavy atom. The van der Waals surface area contributed by atoms with Gasteiger partial charge in [0, 0.05) is 44.4 Å². The normalized spacial score (nSPS) is 16.5. The van der Waals surface area contributed by atoms with Crippen LogP contribution in [0.25, 0.3) is 0 Å². The largest absolute Gasteiger partial charge is 0.481 e. The van der Waals surface area contributed by atoms with Crippen LogP contribution in [0.5, 0.6) is 5.75 Å². The zero-order chi connectivity index (χ0) is 20.1. The molecule has 1 saturated heterocycles. The van der Waals surface area contributed by atoms with E-state index >= 15 is 0 Å². The van der Waals surface area contributed by atoms with E-state index in [1.165, 1.54) is 12.1 Å². The Kier molecular flexibility index (Phi) is 6.57. The Labute approximate surface area is 162 Å². The van der Waals surface area contributed by atoms with Crippen LogP contribution in [0.1, 0.15) is 18.9 Å². The van der Waals surface area contributed by atoms with Crippen molar-refractivity contribution >= 4 is 5.91 Å². The Hall–Kier alpha value is -2.54. The molecule has 0 N–H and O–H groups in total. The Bertz CT molecular complexity index is 831. The minimum absolute atomic E-state index is 0.107. The van der Waals surface area contributed by atoms with E-state index in [1.807, 2.05) is 6.07 Å². The van der Waals surface area contributed by atoms with Gasteiger partial charge in [-0.05, 0) is 31.5 Å². The third-order valence-electron chi connectivity index (χ3n) is 4.80. The lowest BCUT2D eigenvalue weighted by molar-refractivity contribution is -0.137. The van der Waals surface area contributed by atoms with Crippen molar-refractivity contribution in [3.63, 3.8) is 0 Å². The summed E-state index contributed by atoms with van der Waals surface area (Å²) in [6, 6.07) is 9.87. The quantitative estimate of drug-likeness (QED) is 0.780. The first-order chi connectivity index (χ1) is 13.4.